The third kappa shape index (κ3) is 4.18. The minimum absolute atomic E-state index is 0.0386. The molecule has 1 aromatic carbocycles. The van der Waals surface area contributed by atoms with Crippen molar-refractivity contribution < 1.29 is 8.42 Å². The first-order valence-corrected chi connectivity index (χ1v) is 9.26. The minimum Gasteiger partial charge on any atom is -0.326 e. The van der Waals surface area contributed by atoms with Gasteiger partial charge in [0.25, 0.3) is 0 Å². The highest BCUT2D eigenvalue weighted by Crippen LogP contribution is 2.29. The van der Waals surface area contributed by atoms with E-state index in [9.17, 15) is 8.42 Å². The summed E-state index contributed by atoms with van der Waals surface area (Å²) in [5, 5.41) is 2.36. The molecule has 0 saturated heterocycles. The zero-order valence-corrected chi connectivity index (χ0v) is 14.1. The number of thiophene rings is 1. The van der Waals surface area contributed by atoms with E-state index in [1.165, 1.54) is 6.07 Å². The molecule has 0 aliphatic heterocycles. The lowest BCUT2D eigenvalue weighted by Gasteiger charge is -2.11. The number of sulfonamides is 1. The van der Waals surface area contributed by atoms with E-state index in [2.05, 4.69) is 4.72 Å². The van der Waals surface area contributed by atoms with Gasteiger partial charge in [0.05, 0.1) is 5.02 Å². The Labute approximate surface area is 137 Å². The van der Waals surface area contributed by atoms with Gasteiger partial charge in [-0.1, -0.05) is 29.3 Å². The highest BCUT2D eigenvalue weighted by Gasteiger charge is 2.20. The Morgan fingerprint density at radius 1 is 1.29 bits per heavy atom. The minimum atomic E-state index is -3.72. The van der Waals surface area contributed by atoms with Crippen molar-refractivity contribution in [2.45, 2.75) is 17.9 Å². The molecule has 0 aliphatic rings. The van der Waals surface area contributed by atoms with E-state index >= 15 is 0 Å². The standard InChI is InChI=1S/C13H14Cl2N2O2S2/c14-10-6-9(8-16)13(15)12(7-10)21(18,19)17-4-3-11-2-1-5-20-11/h1-2,5-7,17H,3-4,8,16H2. The van der Waals surface area contributed by atoms with Crippen LogP contribution in [0.15, 0.2) is 34.5 Å². The number of nitrogens with one attached hydrogen (secondary N) is 1. The maximum Gasteiger partial charge on any atom is 0.242 e. The van der Waals surface area contributed by atoms with Crippen molar-refractivity contribution in [2.75, 3.05) is 6.54 Å². The number of rotatable bonds is 6. The molecule has 0 radical (unpaired) electrons. The van der Waals surface area contributed by atoms with Crippen molar-refractivity contribution in [2.24, 2.45) is 5.73 Å². The van der Waals surface area contributed by atoms with Crippen LogP contribution in [0, 0.1) is 0 Å². The molecular weight excluding hydrogens is 351 g/mol. The first-order chi connectivity index (χ1) is 9.94. The van der Waals surface area contributed by atoms with Gasteiger partial charge < -0.3 is 5.73 Å². The van der Waals surface area contributed by atoms with Gasteiger partial charge in [0.15, 0.2) is 0 Å². The van der Waals surface area contributed by atoms with Gasteiger partial charge in [0.2, 0.25) is 10.0 Å². The van der Waals surface area contributed by atoms with E-state index in [0.717, 1.165) is 4.88 Å². The van der Waals surface area contributed by atoms with Crippen molar-refractivity contribution >= 4 is 44.6 Å². The van der Waals surface area contributed by atoms with Crippen LogP contribution in [0.4, 0.5) is 0 Å². The molecule has 114 valence electrons. The number of nitrogens with two attached hydrogens (primary N) is 1. The van der Waals surface area contributed by atoms with Gasteiger partial charge in [-0.25, -0.2) is 13.1 Å². The third-order valence-corrected chi connectivity index (χ3v) is 6.03. The molecule has 0 spiro atoms. The predicted octanol–water partition coefficient (Wildman–Crippen LogP) is 3.03. The molecule has 4 nitrogen and oxygen atoms in total. The molecule has 0 amide bonds. The van der Waals surface area contributed by atoms with Crippen molar-refractivity contribution in [3.8, 4) is 0 Å². The molecule has 0 atom stereocenters. The summed E-state index contributed by atoms with van der Waals surface area (Å²) in [5.74, 6) is 0. The van der Waals surface area contributed by atoms with E-state index in [-0.39, 0.29) is 16.5 Å². The van der Waals surface area contributed by atoms with Gasteiger partial charge in [0.1, 0.15) is 4.90 Å². The zero-order chi connectivity index (χ0) is 15.5. The van der Waals surface area contributed by atoms with Crippen LogP contribution in [0.2, 0.25) is 10.0 Å². The number of hydrogen-bond donors (Lipinski definition) is 2. The Hall–Kier alpha value is -0.630. The highest BCUT2D eigenvalue weighted by atomic mass is 35.5. The van der Waals surface area contributed by atoms with Crippen LogP contribution in [0.3, 0.4) is 0 Å². The van der Waals surface area contributed by atoms with Crippen LogP contribution in [-0.4, -0.2) is 15.0 Å². The third-order valence-electron chi connectivity index (χ3n) is 2.83. The van der Waals surface area contributed by atoms with Gasteiger partial charge in [-0.15, -0.1) is 11.3 Å². The molecule has 1 aromatic heterocycles. The SMILES string of the molecule is NCc1cc(Cl)cc(S(=O)(=O)NCCc2cccs2)c1Cl. The Morgan fingerprint density at radius 3 is 2.67 bits per heavy atom. The van der Waals surface area contributed by atoms with Gasteiger partial charge >= 0.3 is 0 Å². The summed E-state index contributed by atoms with van der Waals surface area (Å²) in [7, 11) is -3.72. The maximum atomic E-state index is 12.3. The first kappa shape index (κ1) is 16.7. The van der Waals surface area contributed by atoms with Crippen molar-refractivity contribution in [3.63, 3.8) is 0 Å². The quantitative estimate of drug-likeness (QED) is 0.827. The van der Waals surface area contributed by atoms with Crippen LogP contribution >= 0.6 is 34.5 Å². The Bertz CT molecular complexity index is 716. The predicted molar refractivity (Wildman–Crippen MR) is 87.6 cm³/mol. The van der Waals surface area contributed by atoms with Gasteiger partial charge in [0, 0.05) is 23.0 Å². The van der Waals surface area contributed by atoms with Crippen LogP contribution in [-0.2, 0) is 23.0 Å². The molecule has 2 aromatic rings. The fourth-order valence-electron chi connectivity index (χ4n) is 1.80. The molecule has 0 aliphatic carbocycles. The van der Waals surface area contributed by atoms with E-state index in [0.29, 0.717) is 23.6 Å². The second kappa shape index (κ2) is 7.09. The number of benzene rings is 1. The smallest absolute Gasteiger partial charge is 0.242 e. The van der Waals surface area contributed by atoms with E-state index < -0.39 is 10.0 Å². The average molecular weight is 365 g/mol. The molecule has 8 heteroatoms. The largest absolute Gasteiger partial charge is 0.326 e. The molecule has 2 rings (SSSR count). The lowest BCUT2D eigenvalue weighted by molar-refractivity contribution is 0.582. The maximum absolute atomic E-state index is 12.3. The van der Waals surface area contributed by atoms with Crippen molar-refractivity contribution in [1.82, 2.24) is 4.72 Å². The summed E-state index contributed by atoms with van der Waals surface area (Å²) >= 11 is 13.6. The van der Waals surface area contributed by atoms with E-state index in [1.807, 2.05) is 17.5 Å². The van der Waals surface area contributed by atoms with Gasteiger partial charge in [-0.05, 0) is 35.6 Å². The molecule has 3 N–H and O–H groups in total. The summed E-state index contributed by atoms with van der Waals surface area (Å²) in [6, 6.07) is 6.78. The Morgan fingerprint density at radius 2 is 2.05 bits per heavy atom. The van der Waals surface area contributed by atoms with Crippen LogP contribution in [0.25, 0.3) is 0 Å². The van der Waals surface area contributed by atoms with E-state index in [4.69, 9.17) is 28.9 Å². The number of hydrogen-bond acceptors (Lipinski definition) is 4. The zero-order valence-electron chi connectivity index (χ0n) is 11.0. The second-order valence-corrected chi connectivity index (χ2v) is 7.89. The lowest BCUT2D eigenvalue weighted by atomic mass is 10.2. The van der Waals surface area contributed by atoms with Crippen LogP contribution in [0.5, 0.6) is 0 Å². The fraction of sp³-hybridized carbons (Fsp3) is 0.231. The normalized spacial score (nSPS) is 11.8. The molecule has 0 saturated carbocycles. The molecule has 0 fully saturated rings. The molecule has 21 heavy (non-hydrogen) atoms. The fourth-order valence-corrected chi connectivity index (χ4v) is 4.48. The van der Waals surface area contributed by atoms with Gasteiger partial charge in [-0.2, -0.15) is 0 Å². The van der Waals surface area contributed by atoms with E-state index in [1.54, 1.807) is 17.4 Å². The second-order valence-electron chi connectivity index (χ2n) is 4.31. The molecule has 1 heterocycles. The molecule has 0 bridgehead atoms. The molecular formula is C13H14Cl2N2O2S2. The molecule has 0 unspecified atom stereocenters. The number of halogens is 2. The highest BCUT2D eigenvalue weighted by molar-refractivity contribution is 7.89. The van der Waals surface area contributed by atoms with Crippen molar-refractivity contribution in [3.05, 3.63) is 50.1 Å². The monoisotopic (exact) mass is 364 g/mol. The van der Waals surface area contributed by atoms with Crippen molar-refractivity contribution in [1.29, 1.82) is 0 Å². The topological polar surface area (TPSA) is 72.2 Å². The summed E-state index contributed by atoms with van der Waals surface area (Å²) in [6.07, 6.45) is 0.624. The average Bonchev–Trinajstić information content (AvgIpc) is 2.93. The lowest BCUT2D eigenvalue weighted by Crippen LogP contribution is -2.26. The summed E-state index contributed by atoms with van der Waals surface area (Å²) in [4.78, 5) is 1.07. The Balaban J connectivity index is 2.17. The van der Waals surface area contributed by atoms with Gasteiger partial charge in [-0.3, -0.25) is 0 Å². The Kier molecular flexibility index (Phi) is 5.65. The summed E-state index contributed by atoms with van der Waals surface area (Å²) in [5.41, 5.74) is 6.04. The van der Waals surface area contributed by atoms with Crippen LogP contribution < -0.4 is 10.5 Å². The summed E-state index contributed by atoms with van der Waals surface area (Å²) in [6.45, 7) is 0.417. The summed E-state index contributed by atoms with van der Waals surface area (Å²) < 4.78 is 27.1. The van der Waals surface area contributed by atoms with Crippen LogP contribution in [0.1, 0.15) is 10.4 Å². The first-order valence-electron chi connectivity index (χ1n) is 6.14.